The van der Waals surface area contributed by atoms with Crippen LogP contribution in [0.4, 0.5) is 0 Å². The molecule has 1 aromatic heterocycles. The number of rotatable bonds is 5. The van der Waals surface area contributed by atoms with E-state index >= 15 is 0 Å². The van der Waals surface area contributed by atoms with Gasteiger partial charge in [-0.1, -0.05) is 61.3 Å². The summed E-state index contributed by atoms with van der Waals surface area (Å²) >= 11 is 6.49. The number of halogens is 1. The van der Waals surface area contributed by atoms with Gasteiger partial charge in [0.25, 0.3) is 0 Å². The van der Waals surface area contributed by atoms with Crippen molar-refractivity contribution in [3.63, 3.8) is 0 Å². The first-order valence-electron chi connectivity index (χ1n) is 9.43. The van der Waals surface area contributed by atoms with Gasteiger partial charge in [-0.2, -0.15) is 0 Å². The predicted octanol–water partition coefficient (Wildman–Crippen LogP) is 6.44. The van der Waals surface area contributed by atoms with E-state index in [1.54, 1.807) is 12.1 Å². The van der Waals surface area contributed by atoms with Crippen molar-refractivity contribution in [2.24, 2.45) is 0 Å². The van der Waals surface area contributed by atoms with Crippen molar-refractivity contribution in [3.05, 3.63) is 86.7 Å². The summed E-state index contributed by atoms with van der Waals surface area (Å²) in [6, 6.07) is 17.5. The summed E-state index contributed by atoms with van der Waals surface area (Å²) < 4.78 is 11.5. The van der Waals surface area contributed by atoms with Gasteiger partial charge in [0.1, 0.15) is 17.9 Å². The highest BCUT2D eigenvalue weighted by molar-refractivity contribution is 6.32. The van der Waals surface area contributed by atoms with E-state index < -0.39 is 0 Å². The molecular formula is C24H21ClO3. The Morgan fingerprint density at radius 3 is 2.68 bits per heavy atom. The molecule has 0 N–H and O–H groups in total. The lowest BCUT2D eigenvalue weighted by Gasteiger charge is -2.14. The molecule has 4 aromatic rings. The molecule has 28 heavy (non-hydrogen) atoms. The van der Waals surface area contributed by atoms with Crippen LogP contribution in [0, 0.1) is 6.92 Å². The number of fused-ring (bicyclic) bond motifs is 2. The van der Waals surface area contributed by atoms with Crippen LogP contribution >= 0.6 is 11.6 Å². The van der Waals surface area contributed by atoms with Crippen LogP contribution in [0.3, 0.4) is 0 Å². The van der Waals surface area contributed by atoms with E-state index in [1.165, 1.54) is 5.39 Å². The highest BCUT2D eigenvalue weighted by atomic mass is 35.5. The second-order valence-corrected chi connectivity index (χ2v) is 7.40. The molecule has 0 atom stereocenters. The molecule has 0 spiro atoms. The minimum absolute atomic E-state index is 0.353. The van der Waals surface area contributed by atoms with E-state index in [1.807, 2.05) is 18.2 Å². The van der Waals surface area contributed by atoms with Gasteiger partial charge in [-0.05, 0) is 41.3 Å². The third-order valence-corrected chi connectivity index (χ3v) is 5.34. The maximum atomic E-state index is 11.9. The van der Waals surface area contributed by atoms with E-state index in [0.29, 0.717) is 23.0 Å². The van der Waals surface area contributed by atoms with Crippen LogP contribution in [-0.2, 0) is 13.0 Å². The second-order valence-electron chi connectivity index (χ2n) is 6.99. The van der Waals surface area contributed by atoms with Gasteiger partial charge in [0.15, 0.2) is 0 Å². The highest BCUT2D eigenvalue weighted by Crippen LogP contribution is 2.33. The monoisotopic (exact) mass is 392 g/mol. The van der Waals surface area contributed by atoms with E-state index in [2.05, 4.69) is 38.1 Å². The molecule has 3 aromatic carbocycles. The summed E-state index contributed by atoms with van der Waals surface area (Å²) in [4.78, 5) is 11.9. The van der Waals surface area contributed by atoms with Gasteiger partial charge in [0.2, 0.25) is 0 Å². The molecule has 0 radical (unpaired) electrons. The molecule has 0 unspecified atom stereocenters. The van der Waals surface area contributed by atoms with Crippen molar-refractivity contribution in [3.8, 4) is 5.75 Å². The van der Waals surface area contributed by atoms with Gasteiger partial charge < -0.3 is 9.15 Å². The number of hydrogen-bond acceptors (Lipinski definition) is 3. The van der Waals surface area contributed by atoms with Crippen LogP contribution in [0.5, 0.6) is 5.75 Å². The zero-order valence-electron chi connectivity index (χ0n) is 15.9. The molecule has 3 nitrogen and oxygen atoms in total. The quantitative estimate of drug-likeness (QED) is 0.367. The lowest BCUT2D eigenvalue weighted by molar-refractivity contribution is 0.307. The minimum Gasteiger partial charge on any atom is -0.487 e. The van der Waals surface area contributed by atoms with Crippen molar-refractivity contribution in [1.29, 1.82) is 0 Å². The van der Waals surface area contributed by atoms with Gasteiger partial charge in [-0.15, -0.1) is 0 Å². The first-order valence-corrected chi connectivity index (χ1v) is 9.81. The summed E-state index contributed by atoms with van der Waals surface area (Å²) in [5.74, 6) is 0.512. The lowest BCUT2D eigenvalue weighted by Crippen LogP contribution is -2.02. The Morgan fingerprint density at radius 2 is 1.86 bits per heavy atom. The van der Waals surface area contributed by atoms with Crippen LogP contribution in [0.25, 0.3) is 21.7 Å². The molecule has 0 saturated heterocycles. The van der Waals surface area contributed by atoms with Gasteiger partial charge in [0.05, 0.1) is 5.02 Å². The average molecular weight is 393 g/mol. The Morgan fingerprint density at radius 1 is 1.04 bits per heavy atom. The van der Waals surface area contributed by atoms with E-state index in [9.17, 15) is 4.79 Å². The Balaban J connectivity index is 1.72. The second kappa shape index (κ2) is 7.69. The Hall–Kier alpha value is -2.78. The Kier molecular flexibility index (Phi) is 5.10. The number of hydrogen-bond donors (Lipinski definition) is 0. The SMILES string of the molecule is CCCc1cc(=O)oc2cc(OCc3c(C)ccc4ccccc34)c(Cl)cc12. The van der Waals surface area contributed by atoms with Gasteiger partial charge in [0, 0.05) is 23.1 Å². The molecule has 0 aliphatic carbocycles. The van der Waals surface area contributed by atoms with E-state index in [0.717, 1.165) is 40.3 Å². The maximum Gasteiger partial charge on any atom is 0.336 e. The van der Waals surface area contributed by atoms with Crippen molar-refractivity contribution in [2.75, 3.05) is 0 Å². The zero-order chi connectivity index (χ0) is 19.7. The van der Waals surface area contributed by atoms with Crippen LogP contribution in [0.1, 0.15) is 30.0 Å². The van der Waals surface area contributed by atoms with Gasteiger partial charge >= 0.3 is 5.63 Å². The van der Waals surface area contributed by atoms with Crippen LogP contribution in [-0.4, -0.2) is 0 Å². The Bertz CT molecular complexity index is 1220. The standard InChI is InChI=1S/C24H21ClO3/c1-3-6-17-11-24(26)28-22-13-23(21(25)12-19(17)22)27-14-20-15(2)9-10-16-7-4-5-8-18(16)20/h4-5,7-13H,3,6,14H2,1-2H3. The summed E-state index contributed by atoms with van der Waals surface area (Å²) in [7, 11) is 0. The highest BCUT2D eigenvalue weighted by Gasteiger charge is 2.12. The predicted molar refractivity (Wildman–Crippen MR) is 115 cm³/mol. The van der Waals surface area contributed by atoms with E-state index in [-0.39, 0.29) is 5.63 Å². The smallest absolute Gasteiger partial charge is 0.336 e. The normalized spacial score (nSPS) is 11.2. The number of aryl methyl sites for hydroxylation is 2. The topological polar surface area (TPSA) is 39.4 Å². The van der Waals surface area contributed by atoms with Gasteiger partial charge in [-0.25, -0.2) is 4.79 Å². The molecule has 4 rings (SSSR count). The Labute approximate surface area is 168 Å². The van der Waals surface area contributed by atoms with Crippen LogP contribution < -0.4 is 10.4 Å². The van der Waals surface area contributed by atoms with Crippen molar-refractivity contribution in [1.82, 2.24) is 0 Å². The molecule has 1 heterocycles. The molecule has 0 amide bonds. The first kappa shape index (κ1) is 18.6. The molecule has 0 bridgehead atoms. The minimum atomic E-state index is -0.353. The molecule has 0 fully saturated rings. The van der Waals surface area contributed by atoms with Crippen LogP contribution in [0.2, 0.25) is 5.02 Å². The first-order chi connectivity index (χ1) is 13.6. The molecule has 0 aliphatic heterocycles. The molecule has 4 heteroatoms. The summed E-state index contributed by atoms with van der Waals surface area (Å²) in [5, 5.41) is 3.71. The molecule has 142 valence electrons. The summed E-state index contributed by atoms with van der Waals surface area (Å²) in [6.07, 6.45) is 1.74. The fourth-order valence-electron chi connectivity index (χ4n) is 3.60. The van der Waals surface area contributed by atoms with E-state index in [4.69, 9.17) is 20.8 Å². The maximum absolute atomic E-state index is 11.9. The number of benzene rings is 3. The lowest BCUT2D eigenvalue weighted by atomic mass is 10.0. The summed E-state index contributed by atoms with van der Waals surface area (Å²) in [6.45, 7) is 4.53. The van der Waals surface area contributed by atoms with Crippen molar-refractivity contribution < 1.29 is 9.15 Å². The fraction of sp³-hybridized carbons (Fsp3) is 0.208. The fourth-order valence-corrected chi connectivity index (χ4v) is 3.82. The number of ether oxygens (including phenoxy) is 1. The van der Waals surface area contributed by atoms with Crippen LogP contribution in [0.15, 0.2) is 63.8 Å². The third-order valence-electron chi connectivity index (χ3n) is 5.05. The van der Waals surface area contributed by atoms with Crippen molar-refractivity contribution >= 4 is 33.3 Å². The summed E-state index contributed by atoms with van der Waals surface area (Å²) in [5.41, 5.74) is 3.38. The molecule has 0 aliphatic rings. The third kappa shape index (κ3) is 3.50. The zero-order valence-corrected chi connectivity index (χ0v) is 16.7. The van der Waals surface area contributed by atoms with Crippen molar-refractivity contribution in [2.45, 2.75) is 33.3 Å². The largest absolute Gasteiger partial charge is 0.487 e. The molecular weight excluding hydrogens is 372 g/mol. The van der Waals surface area contributed by atoms with Gasteiger partial charge in [-0.3, -0.25) is 0 Å². The molecule has 0 saturated carbocycles. The average Bonchev–Trinajstić information content (AvgIpc) is 2.68.